The molecule has 1 fully saturated rings. The lowest BCUT2D eigenvalue weighted by molar-refractivity contribution is 0.0629. The van der Waals surface area contributed by atoms with E-state index in [1.807, 2.05) is 59.5 Å². The first-order valence-corrected chi connectivity index (χ1v) is 13.0. The van der Waals surface area contributed by atoms with Crippen LogP contribution in [0.5, 0.6) is 11.5 Å². The van der Waals surface area contributed by atoms with Crippen molar-refractivity contribution in [3.8, 4) is 33.9 Å². The van der Waals surface area contributed by atoms with Gasteiger partial charge >= 0.3 is 0 Å². The minimum Gasteiger partial charge on any atom is -0.493 e. The molecule has 4 aromatic rings. The van der Waals surface area contributed by atoms with Crippen molar-refractivity contribution in [1.29, 1.82) is 0 Å². The third-order valence-corrected chi connectivity index (χ3v) is 7.90. The molecule has 1 saturated heterocycles. The maximum Gasteiger partial charge on any atom is 0.266 e. The zero-order valence-electron chi connectivity index (χ0n) is 21.1. The number of carbonyl (C=O) groups excluding carboxylic acids is 1. The fraction of sp³-hybridized carbons (Fsp3) is 0.310. The first kappa shape index (κ1) is 24.1. The fourth-order valence-electron chi connectivity index (χ4n) is 5.32. The highest BCUT2D eigenvalue weighted by molar-refractivity contribution is 7.21. The van der Waals surface area contributed by atoms with E-state index in [1.165, 1.54) is 11.3 Å². The van der Waals surface area contributed by atoms with Gasteiger partial charge in [-0.05, 0) is 30.4 Å². The van der Waals surface area contributed by atoms with Gasteiger partial charge in [-0.3, -0.25) is 4.79 Å². The van der Waals surface area contributed by atoms with E-state index in [4.69, 9.17) is 20.2 Å². The molecular formula is C29H31N3O3S. The predicted octanol–water partition coefficient (Wildman–Crippen LogP) is 6.35. The molecule has 1 amide bonds. The van der Waals surface area contributed by atoms with Gasteiger partial charge in [-0.2, -0.15) is 0 Å². The van der Waals surface area contributed by atoms with Gasteiger partial charge in [0.25, 0.3) is 5.91 Å². The first-order chi connectivity index (χ1) is 17.4. The molecule has 6 nitrogen and oxygen atoms in total. The average Bonchev–Trinajstić information content (AvgIpc) is 3.23. The second-order valence-electron chi connectivity index (χ2n) is 9.64. The summed E-state index contributed by atoms with van der Waals surface area (Å²) in [6, 6.07) is 17.8. The van der Waals surface area contributed by atoms with Crippen LogP contribution in [0.25, 0.3) is 32.6 Å². The number of thiophene rings is 1. The van der Waals surface area contributed by atoms with E-state index in [1.54, 1.807) is 14.2 Å². The molecule has 2 N–H and O–H groups in total. The number of pyridine rings is 1. The second kappa shape index (κ2) is 9.82. The first-order valence-electron chi connectivity index (χ1n) is 12.2. The SMILES string of the molecule is COc1cccc(-c2cc(-c3ccccc3)nc3sc(C(=O)N4CC(C)CC(C)C4)c(N)c23)c1OC. The van der Waals surface area contributed by atoms with Crippen LogP contribution in [-0.4, -0.2) is 43.1 Å². The molecule has 7 heteroatoms. The number of amides is 1. The molecule has 2 aromatic heterocycles. The van der Waals surface area contributed by atoms with Crippen molar-refractivity contribution in [3.63, 3.8) is 0 Å². The third-order valence-electron chi connectivity index (χ3n) is 6.81. The summed E-state index contributed by atoms with van der Waals surface area (Å²) in [7, 11) is 3.25. The number of piperidine rings is 1. The number of nitrogens with zero attached hydrogens (tertiary/aromatic N) is 2. The van der Waals surface area contributed by atoms with Crippen molar-refractivity contribution in [2.24, 2.45) is 11.8 Å². The van der Waals surface area contributed by atoms with Crippen LogP contribution >= 0.6 is 11.3 Å². The van der Waals surface area contributed by atoms with Crippen LogP contribution in [0.15, 0.2) is 54.6 Å². The molecular weight excluding hydrogens is 470 g/mol. The third kappa shape index (κ3) is 4.28. The number of methoxy groups -OCH3 is 2. The van der Waals surface area contributed by atoms with Gasteiger partial charge in [-0.25, -0.2) is 4.98 Å². The summed E-state index contributed by atoms with van der Waals surface area (Å²) in [5.41, 5.74) is 10.7. The normalized spacial score (nSPS) is 17.8. The standard InChI is InChI=1S/C29H31N3O3S/c1-17-13-18(2)16-32(15-17)29(33)27-25(30)24-21(20-11-8-12-23(34-3)26(20)35-4)14-22(31-28(24)36-27)19-9-6-5-7-10-19/h5-12,14,17-18H,13,15-16,30H2,1-4H3. The Labute approximate surface area is 215 Å². The Bertz CT molecular complexity index is 1410. The average molecular weight is 502 g/mol. The summed E-state index contributed by atoms with van der Waals surface area (Å²) in [4.78, 5) is 21.9. The Morgan fingerprint density at radius 1 is 1.00 bits per heavy atom. The summed E-state index contributed by atoms with van der Waals surface area (Å²) in [5.74, 6) is 2.16. The van der Waals surface area contributed by atoms with Gasteiger partial charge in [-0.15, -0.1) is 11.3 Å². The monoisotopic (exact) mass is 501 g/mol. The number of anilines is 1. The molecule has 186 valence electrons. The van der Waals surface area contributed by atoms with Crippen LogP contribution in [0.2, 0.25) is 0 Å². The Morgan fingerprint density at radius 3 is 2.39 bits per heavy atom. The molecule has 1 aliphatic heterocycles. The van der Waals surface area contributed by atoms with E-state index in [0.29, 0.717) is 33.9 Å². The highest BCUT2D eigenvalue weighted by atomic mass is 32.1. The summed E-state index contributed by atoms with van der Waals surface area (Å²) in [6.07, 6.45) is 1.13. The van der Waals surface area contributed by atoms with Crippen molar-refractivity contribution in [3.05, 3.63) is 59.5 Å². The second-order valence-corrected chi connectivity index (χ2v) is 10.6. The largest absolute Gasteiger partial charge is 0.493 e. The number of carbonyl (C=O) groups is 1. The number of ether oxygens (including phenoxy) is 2. The van der Waals surface area contributed by atoms with Crippen molar-refractivity contribution >= 4 is 33.1 Å². The van der Waals surface area contributed by atoms with Crippen LogP contribution in [-0.2, 0) is 0 Å². The fourth-order valence-corrected chi connectivity index (χ4v) is 6.41. The van der Waals surface area contributed by atoms with Crippen LogP contribution < -0.4 is 15.2 Å². The van der Waals surface area contributed by atoms with Crippen LogP contribution in [0.3, 0.4) is 0 Å². The lowest BCUT2D eigenvalue weighted by Gasteiger charge is -2.34. The van der Waals surface area contributed by atoms with E-state index >= 15 is 0 Å². The number of rotatable bonds is 5. The number of fused-ring (bicyclic) bond motifs is 1. The molecule has 5 rings (SSSR count). The van der Waals surface area contributed by atoms with Gasteiger partial charge in [-0.1, -0.05) is 56.3 Å². The summed E-state index contributed by atoms with van der Waals surface area (Å²) in [6.45, 7) is 5.89. The van der Waals surface area contributed by atoms with Gasteiger partial charge in [0.2, 0.25) is 0 Å². The molecule has 0 saturated carbocycles. The van der Waals surface area contributed by atoms with Crippen LogP contribution in [0.1, 0.15) is 29.9 Å². The van der Waals surface area contributed by atoms with Crippen molar-refractivity contribution < 1.29 is 14.3 Å². The Hall–Kier alpha value is -3.58. The number of benzene rings is 2. The van der Waals surface area contributed by atoms with Gasteiger partial charge in [0.1, 0.15) is 9.71 Å². The molecule has 0 radical (unpaired) electrons. The maximum atomic E-state index is 13.7. The predicted molar refractivity (Wildman–Crippen MR) is 147 cm³/mol. The van der Waals surface area contributed by atoms with Gasteiger partial charge in [0.05, 0.1) is 25.6 Å². The van der Waals surface area contributed by atoms with Crippen molar-refractivity contribution in [2.45, 2.75) is 20.3 Å². The molecule has 2 aromatic carbocycles. The van der Waals surface area contributed by atoms with E-state index in [2.05, 4.69) is 13.8 Å². The number of hydrogen-bond donors (Lipinski definition) is 1. The number of nitrogen functional groups attached to an aromatic ring is 1. The number of hydrogen-bond acceptors (Lipinski definition) is 6. The number of para-hydroxylation sites is 1. The quantitative estimate of drug-likeness (QED) is 0.345. The lowest BCUT2D eigenvalue weighted by atomic mass is 9.92. The van der Waals surface area contributed by atoms with Crippen molar-refractivity contribution in [1.82, 2.24) is 9.88 Å². The smallest absolute Gasteiger partial charge is 0.266 e. The van der Waals surface area contributed by atoms with E-state index in [-0.39, 0.29) is 5.91 Å². The maximum absolute atomic E-state index is 13.7. The molecule has 3 heterocycles. The minimum absolute atomic E-state index is 0.0151. The summed E-state index contributed by atoms with van der Waals surface area (Å²) < 4.78 is 11.3. The number of nitrogens with two attached hydrogens (primary N) is 1. The van der Waals surface area contributed by atoms with E-state index < -0.39 is 0 Å². The summed E-state index contributed by atoms with van der Waals surface area (Å²) >= 11 is 1.37. The van der Waals surface area contributed by atoms with E-state index in [9.17, 15) is 4.79 Å². The van der Waals surface area contributed by atoms with Gasteiger partial charge in [0.15, 0.2) is 11.5 Å². The Balaban J connectivity index is 1.73. The molecule has 0 bridgehead atoms. The molecule has 1 aliphatic rings. The molecule has 36 heavy (non-hydrogen) atoms. The molecule has 2 atom stereocenters. The van der Waals surface area contributed by atoms with Crippen molar-refractivity contribution in [2.75, 3.05) is 33.0 Å². The zero-order valence-corrected chi connectivity index (χ0v) is 21.9. The summed E-state index contributed by atoms with van der Waals surface area (Å²) in [5, 5.41) is 0.771. The Kier molecular flexibility index (Phi) is 6.58. The lowest BCUT2D eigenvalue weighted by Crippen LogP contribution is -2.42. The van der Waals surface area contributed by atoms with Crippen LogP contribution in [0, 0.1) is 11.8 Å². The topological polar surface area (TPSA) is 77.7 Å². The molecule has 2 unspecified atom stereocenters. The minimum atomic E-state index is -0.0151. The van der Waals surface area contributed by atoms with Gasteiger partial charge in [0, 0.05) is 35.2 Å². The Morgan fingerprint density at radius 2 is 1.72 bits per heavy atom. The van der Waals surface area contributed by atoms with E-state index in [0.717, 1.165) is 52.1 Å². The molecule has 0 aliphatic carbocycles. The highest BCUT2D eigenvalue weighted by Crippen LogP contribution is 2.46. The zero-order chi connectivity index (χ0) is 25.4. The van der Waals surface area contributed by atoms with Crippen LogP contribution in [0.4, 0.5) is 5.69 Å². The molecule has 0 spiro atoms. The highest BCUT2D eigenvalue weighted by Gasteiger charge is 2.30. The number of aromatic nitrogens is 1. The van der Waals surface area contributed by atoms with Gasteiger partial charge < -0.3 is 20.1 Å². The number of likely N-dealkylation sites (tertiary alicyclic amines) is 1.